The molecule has 3 rings (SSSR count). The summed E-state index contributed by atoms with van der Waals surface area (Å²) >= 11 is 9.65. The molecule has 2 aromatic carbocycles. The van der Waals surface area contributed by atoms with E-state index in [0.29, 0.717) is 48.4 Å². The van der Waals surface area contributed by atoms with E-state index in [9.17, 15) is 9.59 Å². The molecule has 0 aromatic heterocycles. The Morgan fingerprint density at radius 2 is 2.07 bits per heavy atom. The Balaban J connectivity index is 1.81. The monoisotopic (exact) mass is 467 g/mol. The molecule has 1 saturated heterocycles. The maximum atomic E-state index is 11.8. The van der Waals surface area contributed by atoms with Crippen LogP contribution in [0.2, 0.25) is 5.02 Å². The predicted molar refractivity (Wildman–Crippen MR) is 108 cm³/mol. The van der Waals surface area contributed by atoms with Gasteiger partial charge in [-0.2, -0.15) is 0 Å². The third kappa shape index (κ3) is 5.17. The lowest BCUT2D eigenvalue weighted by Crippen LogP contribution is -2.23. The van der Waals surface area contributed by atoms with Gasteiger partial charge in [-0.25, -0.2) is 4.79 Å². The van der Waals surface area contributed by atoms with Crippen molar-refractivity contribution in [1.29, 1.82) is 0 Å². The molecule has 0 N–H and O–H groups in total. The zero-order valence-electron chi connectivity index (χ0n) is 15.2. The zero-order valence-corrected chi connectivity index (χ0v) is 17.6. The second-order valence-electron chi connectivity index (χ2n) is 6.13. The number of halogens is 2. The Morgan fingerprint density at radius 1 is 1.25 bits per heavy atom. The molecule has 2 aromatic rings. The first kappa shape index (κ1) is 20.5. The highest BCUT2D eigenvalue weighted by Crippen LogP contribution is 2.32. The number of hydrogen-bond acceptors (Lipinski definition) is 5. The molecule has 28 heavy (non-hydrogen) atoms. The van der Waals surface area contributed by atoms with Crippen molar-refractivity contribution in [3.8, 4) is 11.5 Å². The largest absolute Gasteiger partial charge is 0.466 e. The Kier molecular flexibility index (Phi) is 6.80. The van der Waals surface area contributed by atoms with Gasteiger partial charge < -0.3 is 19.1 Å². The second-order valence-corrected chi connectivity index (χ2v) is 7.45. The van der Waals surface area contributed by atoms with Crippen molar-refractivity contribution in [2.75, 3.05) is 19.8 Å². The quantitative estimate of drug-likeness (QED) is 0.538. The number of rotatable bonds is 7. The molecule has 0 radical (unpaired) electrons. The number of ether oxygens (including phenoxy) is 3. The van der Waals surface area contributed by atoms with Crippen LogP contribution >= 0.6 is 27.5 Å². The summed E-state index contributed by atoms with van der Waals surface area (Å²) in [6.45, 7) is 3.36. The standard InChI is InChI=1S/C20H19BrClNO5/c1-2-26-19(24)11-13-10-16(4-5-17(13)22)28-18-6-3-15(21)9-14(18)12-23-7-8-27-20(23)25/h3-6,9-10H,2,7-8,11-12H2,1H3. The van der Waals surface area contributed by atoms with Crippen LogP contribution in [0.3, 0.4) is 0 Å². The molecule has 0 saturated carbocycles. The predicted octanol–water partition coefficient (Wildman–Crippen LogP) is 4.95. The number of hydrogen-bond donors (Lipinski definition) is 0. The molecule has 1 heterocycles. The number of carbonyl (C=O) groups is 2. The first-order chi connectivity index (χ1) is 13.5. The van der Waals surface area contributed by atoms with Gasteiger partial charge in [-0.05, 0) is 48.9 Å². The lowest BCUT2D eigenvalue weighted by Gasteiger charge is -2.17. The summed E-state index contributed by atoms with van der Waals surface area (Å²) in [4.78, 5) is 25.2. The molecule has 0 spiro atoms. The third-order valence-electron chi connectivity index (χ3n) is 4.11. The summed E-state index contributed by atoms with van der Waals surface area (Å²) in [6, 6.07) is 10.7. The highest BCUT2D eigenvalue weighted by molar-refractivity contribution is 9.10. The van der Waals surface area contributed by atoms with Gasteiger partial charge in [-0.1, -0.05) is 27.5 Å². The van der Waals surface area contributed by atoms with E-state index in [4.69, 9.17) is 25.8 Å². The maximum Gasteiger partial charge on any atom is 0.410 e. The molecule has 1 fully saturated rings. The van der Waals surface area contributed by atoms with Crippen LogP contribution < -0.4 is 4.74 Å². The lowest BCUT2D eigenvalue weighted by molar-refractivity contribution is -0.142. The Labute approximate surface area is 176 Å². The van der Waals surface area contributed by atoms with Crippen LogP contribution in [0.1, 0.15) is 18.1 Å². The molecule has 148 valence electrons. The second kappa shape index (κ2) is 9.30. The molecule has 0 aliphatic carbocycles. The van der Waals surface area contributed by atoms with Gasteiger partial charge in [0.25, 0.3) is 0 Å². The van der Waals surface area contributed by atoms with Crippen molar-refractivity contribution in [2.45, 2.75) is 19.9 Å². The normalized spacial score (nSPS) is 13.4. The molecule has 0 bridgehead atoms. The first-order valence-corrected chi connectivity index (χ1v) is 9.95. The van der Waals surface area contributed by atoms with E-state index in [2.05, 4.69) is 15.9 Å². The van der Waals surface area contributed by atoms with Gasteiger partial charge in [0.05, 0.1) is 26.1 Å². The van der Waals surface area contributed by atoms with Gasteiger partial charge in [0, 0.05) is 15.1 Å². The van der Waals surface area contributed by atoms with Crippen LogP contribution in [-0.4, -0.2) is 36.7 Å². The van der Waals surface area contributed by atoms with Crippen molar-refractivity contribution < 1.29 is 23.8 Å². The van der Waals surface area contributed by atoms with Crippen molar-refractivity contribution in [1.82, 2.24) is 4.90 Å². The number of benzene rings is 2. The summed E-state index contributed by atoms with van der Waals surface area (Å²) in [7, 11) is 0. The molecule has 0 unspecified atom stereocenters. The molecular formula is C20H19BrClNO5. The van der Waals surface area contributed by atoms with Gasteiger partial charge in [0.1, 0.15) is 18.1 Å². The highest BCUT2D eigenvalue weighted by atomic mass is 79.9. The van der Waals surface area contributed by atoms with Crippen LogP contribution in [-0.2, 0) is 27.2 Å². The van der Waals surface area contributed by atoms with E-state index in [1.165, 1.54) is 0 Å². The Bertz CT molecular complexity index is 889. The van der Waals surface area contributed by atoms with Crippen molar-refractivity contribution >= 4 is 39.6 Å². The fourth-order valence-electron chi connectivity index (χ4n) is 2.79. The maximum absolute atomic E-state index is 11.8. The van der Waals surface area contributed by atoms with Crippen LogP contribution in [0, 0.1) is 0 Å². The van der Waals surface area contributed by atoms with Gasteiger partial charge in [-0.15, -0.1) is 0 Å². The first-order valence-electron chi connectivity index (χ1n) is 8.78. The number of nitrogens with zero attached hydrogens (tertiary/aromatic N) is 1. The fraction of sp³-hybridized carbons (Fsp3) is 0.300. The minimum Gasteiger partial charge on any atom is -0.466 e. The highest BCUT2D eigenvalue weighted by Gasteiger charge is 2.23. The summed E-state index contributed by atoms with van der Waals surface area (Å²) in [5.41, 5.74) is 1.45. The van der Waals surface area contributed by atoms with Crippen LogP contribution in [0.4, 0.5) is 4.79 Å². The minimum atomic E-state index is -0.349. The SMILES string of the molecule is CCOC(=O)Cc1cc(Oc2ccc(Br)cc2CN2CCOC2=O)ccc1Cl. The van der Waals surface area contributed by atoms with Gasteiger partial charge >= 0.3 is 12.1 Å². The van der Waals surface area contributed by atoms with Crippen LogP contribution in [0.25, 0.3) is 0 Å². The van der Waals surface area contributed by atoms with E-state index in [-0.39, 0.29) is 18.5 Å². The van der Waals surface area contributed by atoms with E-state index < -0.39 is 0 Å². The van der Waals surface area contributed by atoms with Gasteiger partial charge in [0.15, 0.2) is 0 Å². The van der Waals surface area contributed by atoms with Crippen molar-refractivity contribution in [3.05, 3.63) is 57.0 Å². The fourth-order valence-corrected chi connectivity index (χ4v) is 3.38. The summed E-state index contributed by atoms with van der Waals surface area (Å²) < 4.78 is 16.9. The average Bonchev–Trinajstić information content (AvgIpc) is 3.05. The topological polar surface area (TPSA) is 65.1 Å². The molecular weight excluding hydrogens is 450 g/mol. The number of esters is 1. The van der Waals surface area contributed by atoms with E-state index >= 15 is 0 Å². The molecule has 0 atom stereocenters. The van der Waals surface area contributed by atoms with E-state index in [0.717, 1.165) is 10.0 Å². The number of carbonyl (C=O) groups excluding carboxylic acids is 2. The van der Waals surface area contributed by atoms with E-state index in [1.54, 1.807) is 30.0 Å². The zero-order chi connectivity index (χ0) is 20.1. The summed E-state index contributed by atoms with van der Waals surface area (Å²) in [5.74, 6) is 0.794. The third-order valence-corrected chi connectivity index (χ3v) is 4.98. The number of cyclic esters (lactones) is 1. The molecule has 6 nitrogen and oxygen atoms in total. The molecule has 8 heteroatoms. The van der Waals surface area contributed by atoms with Crippen molar-refractivity contribution in [3.63, 3.8) is 0 Å². The Morgan fingerprint density at radius 3 is 2.79 bits per heavy atom. The van der Waals surface area contributed by atoms with E-state index in [1.807, 2.05) is 18.2 Å². The van der Waals surface area contributed by atoms with Gasteiger partial charge in [-0.3, -0.25) is 4.79 Å². The number of amides is 1. The van der Waals surface area contributed by atoms with Gasteiger partial charge in [0.2, 0.25) is 0 Å². The van der Waals surface area contributed by atoms with Crippen molar-refractivity contribution in [2.24, 2.45) is 0 Å². The molecule has 1 amide bonds. The molecule has 1 aliphatic heterocycles. The van der Waals surface area contributed by atoms with Crippen LogP contribution in [0.15, 0.2) is 40.9 Å². The minimum absolute atomic E-state index is 0.0662. The summed E-state index contributed by atoms with van der Waals surface area (Å²) in [6.07, 6.45) is -0.273. The Hall–Kier alpha value is -2.25. The molecule has 1 aliphatic rings. The van der Waals surface area contributed by atoms with Crippen LogP contribution in [0.5, 0.6) is 11.5 Å². The smallest absolute Gasteiger partial charge is 0.410 e. The lowest BCUT2D eigenvalue weighted by atomic mass is 10.1. The average molecular weight is 469 g/mol. The summed E-state index contributed by atoms with van der Waals surface area (Å²) in [5, 5.41) is 0.469.